The fourth-order valence-corrected chi connectivity index (χ4v) is 4.44. The van der Waals surface area contributed by atoms with Gasteiger partial charge in [0, 0.05) is 9.90 Å². The Kier molecular flexibility index (Phi) is 3.83. The first kappa shape index (κ1) is 13.4. The van der Waals surface area contributed by atoms with Crippen molar-refractivity contribution in [2.75, 3.05) is 5.32 Å². The highest BCUT2D eigenvalue weighted by Gasteiger charge is 2.23. The summed E-state index contributed by atoms with van der Waals surface area (Å²) in [4.78, 5) is 1.39. The average molecular weight is 361 g/mol. The van der Waals surface area contributed by atoms with Gasteiger partial charge in [0.25, 0.3) is 0 Å². The number of anilines is 1. The van der Waals surface area contributed by atoms with Crippen LogP contribution < -0.4 is 5.32 Å². The summed E-state index contributed by atoms with van der Waals surface area (Å²) in [6.45, 7) is 0. The Balaban J connectivity index is 1.88. The Bertz CT molecular complexity index is 613. The van der Waals surface area contributed by atoms with Gasteiger partial charge in [-0.05, 0) is 65.0 Å². The van der Waals surface area contributed by atoms with Crippen molar-refractivity contribution in [2.45, 2.75) is 25.3 Å². The molecular weight excluding hydrogens is 349 g/mol. The quantitative estimate of drug-likeness (QED) is 0.714. The van der Waals surface area contributed by atoms with Crippen molar-refractivity contribution in [1.29, 1.82) is 0 Å². The second-order valence-electron chi connectivity index (χ2n) is 4.64. The molecule has 1 N–H and O–H groups in total. The van der Waals surface area contributed by atoms with Crippen LogP contribution in [0.1, 0.15) is 29.3 Å². The highest BCUT2D eigenvalue weighted by atomic mass is 79.9. The van der Waals surface area contributed by atoms with E-state index in [1.807, 2.05) is 0 Å². The van der Waals surface area contributed by atoms with Crippen LogP contribution in [0.3, 0.4) is 0 Å². The number of thiophene rings is 1. The van der Waals surface area contributed by atoms with E-state index in [2.05, 4.69) is 27.3 Å². The fraction of sp³-hybridized carbons (Fsp3) is 0.286. The minimum Gasteiger partial charge on any atom is -0.376 e. The standard InChI is InChI=1S/C14H12BrClFNS/c15-14-7-9-11(2-1-3-13(9)19-14)18-12-5-4-8(16)6-10(12)17/h4-7,11,18H,1-3H2. The van der Waals surface area contributed by atoms with Gasteiger partial charge in [-0.3, -0.25) is 0 Å². The lowest BCUT2D eigenvalue weighted by Crippen LogP contribution is -2.16. The molecule has 1 nitrogen and oxygen atoms in total. The van der Waals surface area contributed by atoms with Gasteiger partial charge >= 0.3 is 0 Å². The molecule has 0 radical (unpaired) electrons. The molecule has 1 heterocycles. The van der Waals surface area contributed by atoms with Gasteiger partial charge in [0.15, 0.2) is 0 Å². The van der Waals surface area contributed by atoms with E-state index in [1.165, 1.54) is 16.5 Å². The molecule has 1 aliphatic rings. The minimum absolute atomic E-state index is 0.182. The van der Waals surface area contributed by atoms with Crippen molar-refractivity contribution in [2.24, 2.45) is 0 Å². The summed E-state index contributed by atoms with van der Waals surface area (Å²) in [5, 5.41) is 3.72. The zero-order valence-electron chi connectivity index (χ0n) is 10.1. The maximum Gasteiger partial charge on any atom is 0.147 e. The maximum absolute atomic E-state index is 13.8. The lowest BCUT2D eigenvalue weighted by Gasteiger charge is -2.24. The molecule has 1 aliphatic carbocycles. The van der Waals surface area contributed by atoms with Gasteiger partial charge in [0.1, 0.15) is 5.82 Å². The van der Waals surface area contributed by atoms with E-state index in [0.717, 1.165) is 23.0 Å². The molecule has 0 saturated carbocycles. The third-order valence-corrected chi connectivity index (χ3v) is 5.29. The summed E-state index contributed by atoms with van der Waals surface area (Å²) in [6, 6.07) is 7.08. The number of fused-ring (bicyclic) bond motifs is 1. The molecule has 1 aromatic heterocycles. The van der Waals surface area contributed by atoms with Crippen LogP contribution in [0.15, 0.2) is 28.1 Å². The SMILES string of the molecule is Fc1cc(Cl)ccc1NC1CCCc2sc(Br)cc21. The first-order valence-electron chi connectivity index (χ1n) is 6.13. The van der Waals surface area contributed by atoms with Crippen LogP contribution in [-0.2, 0) is 6.42 Å². The zero-order chi connectivity index (χ0) is 13.4. The molecule has 1 atom stereocenters. The maximum atomic E-state index is 13.8. The van der Waals surface area contributed by atoms with Crippen LogP contribution in [0.5, 0.6) is 0 Å². The number of nitrogens with one attached hydrogen (secondary N) is 1. The molecule has 2 aromatic rings. The van der Waals surface area contributed by atoms with Crippen LogP contribution in [0.25, 0.3) is 0 Å². The van der Waals surface area contributed by atoms with Gasteiger partial charge < -0.3 is 5.32 Å². The van der Waals surface area contributed by atoms with E-state index < -0.39 is 0 Å². The van der Waals surface area contributed by atoms with Crippen molar-refractivity contribution < 1.29 is 4.39 Å². The van der Waals surface area contributed by atoms with Gasteiger partial charge in [-0.15, -0.1) is 11.3 Å². The van der Waals surface area contributed by atoms with Gasteiger partial charge in [-0.25, -0.2) is 4.39 Å². The highest BCUT2D eigenvalue weighted by molar-refractivity contribution is 9.11. The Labute approximate surface area is 128 Å². The Hall–Kier alpha value is -0.580. The Morgan fingerprint density at radius 1 is 1.37 bits per heavy atom. The number of aryl methyl sites for hydroxylation is 1. The summed E-state index contributed by atoms with van der Waals surface area (Å²) in [7, 11) is 0. The van der Waals surface area contributed by atoms with Crippen LogP contribution >= 0.6 is 38.9 Å². The third-order valence-electron chi connectivity index (χ3n) is 3.34. The van der Waals surface area contributed by atoms with Gasteiger partial charge in [0.2, 0.25) is 0 Å². The molecule has 19 heavy (non-hydrogen) atoms. The molecule has 100 valence electrons. The van der Waals surface area contributed by atoms with E-state index in [4.69, 9.17) is 11.6 Å². The van der Waals surface area contributed by atoms with Crippen molar-refractivity contribution in [3.05, 3.63) is 49.3 Å². The van der Waals surface area contributed by atoms with Crippen LogP contribution in [0.2, 0.25) is 5.02 Å². The molecule has 5 heteroatoms. The van der Waals surface area contributed by atoms with E-state index in [9.17, 15) is 4.39 Å². The summed E-state index contributed by atoms with van der Waals surface area (Å²) in [5.74, 6) is -0.297. The summed E-state index contributed by atoms with van der Waals surface area (Å²) in [5.41, 5.74) is 1.81. The van der Waals surface area contributed by atoms with E-state index in [-0.39, 0.29) is 11.9 Å². The van der Waals surface area contributed by atoms with Crippen LogP contribution in [0, 0.1) is 5.82 Å². The monoisotopic (exact) mass is 359 g/mol. The number of halogens is 3. The molecule has 0 fully saturated rings. The molecule has 0 saturated heterocycles. The molecule has 0 aliphatic heterocycles. The van der Waals surface area contributed by atoms with Crippen LogP contribution in [-0.4, -0.2) is 0 Å². The van der Waals surface area contributed by atoms with Crippen molar-refractivity contribution in [1.82, 2.24) is 0 Å². The number of hydrogen-bond donors (Lipinski definition) is 1. The van der Waals surface area contributed by atoms with Gasteiger partial charge in [-0.2, -0.15) is 0 Å². The fourth-order valence-electron chi connectivity index (χ4n) is 2.47. The molecule has 0 amide bonds. The minimum atomic E-state index is -0.297. The largest absolute Gasteiger partial charge is 0.376 e. The van der Waals surface area contributed by atoms with Crippen LogP contribution in [0.4, 0.5) is 10.1 Å². The van der Waals surface area contributed by atoms with E-state index in [1.54, 1.807) is 23.5 Å². The summed E-state index contributed by atoms with van der Waals surface area (Å²) >= 11 is 11.1. The van der Waals surface area contributed by atoms with Gasteiger partial charge in [-0.1, -0.05) is 11.6 Å². The molecular formula is C14H12BrClFNS. The Morgan fingerprint density at radius 3 is 3.00 bits per heavy atom. The van der Waals surface area contributed by atoms with Crippen molar-refractivity contribution >= 4 is 44.6 Å². The Morgan fingerprint density at radius 2 is 2.21 bits per heavy atom. The van der Waals surface area contributed by atoms with Crippen molar-refractivity contribution in [3.8, 4) is 0 Å². The second-order valence-corrected chi connectivity index (χ2v) is 7.59. The van der Waals surface area contributed by atoms with Gasteiger partial charge in [0.05, 0.1) is 15.5 Å². The zero-order valence-corrected chi connectivity index (χ0v) is 13.2. The molecule has 1 unspecified atom stereocenters. The predicted octanol–water partition coefficient (Wildman–Crippen LogP) is 5.79. The predicted molar refractivity (Wildman–Crippen MR) is 82.7 cm³/mol. The number of hydrogen-bond acceptors (Lipinski definition) is 2. The van der Waals surface area contributed by atoms with E-state index in [0.29, 0.717) is 10.7 Å². The molecule has 0 bridgehead atoms. The lowest BCUT2D eigenvalue weighted by atomic mass is 9.94. The third kappa shape index (κ3) is 2.81. The lowest BCUT2D eigenvalue weighted by molar-refractivity contribution is 0.592. The average Bonchev–Trinajstić information content (AvgIpc) is 2.74. The first-order chi connectivity index (χ1) is 9.13. The molecule has 0 spiro atoms. The smallest absolute Gasteiger partial charge is 0.147 e. The molecule has 1 aromatic carbocycles. The topological polar surface area (TPSA) is 12.0 Å². The van der Waals surface area contributed by atoms with Crippen molar-refractivity contribution in [3.63, 3.8) is 0 Å². The molecule has 3 rings (SSSR count). The highest BCUT2D eigenvalue weighted by Crippen LogP contribution is 2.39. The number of rotatable bonds is 2. The van der Waals surface area contributed by atoms with E-state index >= 15 is 0 Å². The summed E-state index contributed by atoms with van der Waals surface area (Å²) in [6.07, 6.45) is 3.28. The second kappa shape index (κ2) is 5.43. The number of benzene rings is 1. The summed E-state index contributed by atoms with van der Waals surface area (Å²) < 4.78 is 15.0. The normalized spacial score (nSPS) is 18.2. The first-order valence-corrected chi connectivity index (χ1v) is 8.12.